The van der Waals surface area contributed by atoms with Gasteiger partial charge in [0.25, 0.3) is 0 Å². The quantitative estimate of drug-likeness (QED) is 0.901. The molecule has 1 atom stereocenters. The van der Waals surface area contributed by atoms with E-state index < -0.39 is 5.54 Å². The lowest BCUT2D eigenvalue weighted by atomic mass is 9.96. The summed E-state index contributed by atoms with van der Waals surface area (Å²) in [6.07, 6.45) is 2.11. The van der Waals surface area contributed by atoms with Crippen molar-refractivity contribution < 1.29 is 4.79 Å². The summed E-state index contributed by atoms with van der Waals surface area (Å²) < 4.78 is 1.01. The van der Waals surface area contributed by atoms with Crippen LogP contribution in [0.3, 0.4) is 0 Å². The van der Waals surface area contributed by atoms with E-state index in [4.69, 9.17) is 5.73 Å². The van der Waals surface area contributed by atoms with Crippen molar-refractivity contribution in [3.63, 3.8) is 0 Å². The average molecular weight is 297 g/mol. The van der Waals surface area contributed by atoms with Gasteiger partial charge in [-0.3, -0.25) is 4.79 Å². The van der Waals surface area contributed by atoms with E-state index in [1.807, 2.05) is 32.0 Å². The molecule has 0 aromatic heterocycles. The Hall–Kier alpha value is -0.870. The molecule has 1 aromatic rings. The highest BCUT2D eigenvalue weighted by molar-refractivity contribution is 9.10. The first kappa shape index (κ1) is 12.6. The van der Waals surface area contributed by atoms with Crippen LogP contribution < -0.4 is 11.1 Å². The second-order valence-electron chi connectivity index (χ2n) is 4.97. The summed E-state index contributed by atoms with van der Waals surface area (Å²) in [5.74, 6) is 0.240. The Bertz CT molecular complexity index is 453. The highest BCUT2D eigenvalue weighted by atomic mass is 79.9. The van der Waals surface area contributed by atoms with Crippen LogP contribution in [0.2, 0.25) is 0 Å². The summed E-state index contributed by atoms with van der Waals surface area (Å²) >= 11 is 3.40. The van der Waals surface area contributed by atoms with Gasteiger partial charge in [-0.25, -0.2) is 0 Å². The van der Waals surface area contributed by atoms with Crippen molar-refractivity contribution in [3.05, 3.63) is 28.2 Å². The minimum absolute atomic E-state index is 0.0922. The fourth-order valence-electron chi connectivity index (χ4n) is 1.89. The van der Waals surface area contributed by atoms with Gasteiger partial charge in [-0.1, -0.05) is 15.9 Å². The van der Waals surface area contributed by atoms with Crippen molar-refractivity contribution in [1.29, 1.82) is 0 Å². The number of nitrogens with one attached hydrogen (secondary N) is 1. The third-order valence-electron chi connectivity index (χ3n) is 3.35. The summed E-state index contributed by atoms with van der Waals surface area (Å²) in [4.78, 5) is 12.1. The van der Waals surface area contributed by atoms with Gasteiger partial charge in [-0.05, 0) is 56.4 Å². The first-order chi connectivity index (χ1) is 7.91. The van der Waals surface area contributed by atoms with E-state index in [1.165, 1.54) is 0 Å². The zero-order chi connectivity index (χ0) is 12.6. The molecule has 1 unspecified atom stereocenters. The first-order valence-electron chi connectivity index (χ1n) is 5.77. The van der Waals surface area contributed by atoms with Gasteiger partial charge in [0.2, 0.25) is 5.91 Å². The molecule has 3 N–H and O–H groups in total. The highest BCUT2D eigenvalue weighted by Crippen LogP contribution is 2.38. The minimum atomic E-state index is -0.750. The monoisotopic (exact) mass is 296 g/mol. The van der Waals surface area contributed by atoms with Crippen LogP contribution in [0.15, 0.2) is 22.7 Å². The first-order valence-corrected chi connectivity index (χ1v) is 6.57. The topological polar surface area (TPSA) is 55.1 Å². The number of halogens is 1. The van der Waals surface area contributed by atoms with Crippen molar-refractivity contribution in [2.45, 2.75) is 32.2 Å². The van der Waals surface area contributed by atoms with Gasteiger partial charge in [0.1, 0.15) is 0 Å². The van der Waals surface area contributed by atoms with E-state index >= 15 is 0 Å². The molecule has 4 heteroatoms. The largest absolute Gasteiger partial charge is 0.324 e. The summed E-state index contributed by atoms with van der Waals surface area (Å²) in [6.45, 7) is 3.78. The number of benzene rings is 1. The predicted octanol–water partition coefficient (Wildman–Crippen LogP) is 2.82. The van der Waals surface area contributed by atoms with E-state index in [9.17, 15) is 4.79 Å². The SMILES string of the molecule is Cc1cc(Br)ccc1NC(=O)C(C)(N)C1CC1. The van der Waals surface area contributed by atoms with E-state index in [1.54, 1.807) is 0 Å². The van der Waals surface area contributed by atoms with Crippen LogP contribution in [-0.2, 0) is 4.79 Å². The van der Waals surface area contributed by atoms with Crippen molar-refractivity contribution in [2.75, 3.05) is 5.32 Å². The zero-order valence-corrected chi connectivity index (χ0v) is 11.7. The number of amides is 1. The minimum Gasteiger partial charge on any atom is -0.324 e. The van der Waals surface area contributed by atoms with Crippen molar-refractivity contribution in [1.82, 2.24) is 0 Å². The molecule has 2 rings (SSSR count). The van der Waals surface area contributed by atoms with Gasteiger partial charge < -0.3 is 11.1 Å². The molecule has 92 valence electrons. The molecule has 0 heterocycles. The number of hydrogen-bond donors (Lipinski definition) is 2. The van der Waals surface area contributed by atoms with Gasteiger partial charge in [0, 0.05) is 10.2 Å². The van der Waals surface area contributed by atoms with Crippen LogP contribution in [-0.4, -0.2) is 11.4 Å². The molecule has 17 heavy (non-hydrogen) atoms. The lowest BCUT2D eigenvalue weighted by Crippen LogP contribution is -2.50. The molecule has 1 aliphatic rings. The fourth-order valence-corrected chi connectivity index (χ4v) is 2.37. The van der Waals surface area contributed by atoms with Crippen LogP contribution in [0.25, 0.3) is 0 Å². The molecule has 1 aromatic carbocycles. The lowest BCUT2D eigenvalue weighted by molar-refractivity contribution is -0.121. The van der Waals surface area contributed by atoms with Crippen molar-refractivity contribution in [3.8, 4) is 0 Å². The Morgan fingerprint density at radius 2 is 2.18 bits per heavy atom. The molecule has 1 amide bonds. The summed E-state index contributed by atoms with van der Waals surface area (Å²) in [5, 5.41) is 2.91. The number of carbonyl (C=O) groups excluding carboxylic acids is 1. The van der Waals surface area contributed by atoms with Crippen LogP contribution in [0.5, 0.6) is 0 Å². The normalized spacial score (nSPS) is 18.6. The Morgan fingerprint density at radius 1 is 1.53 bits per heavy atom. The van der Waals surface area contributed by atoms with Crippen molar-refractivity contribution >= 4 is 27.5 Å². The van der Waals surface area contributed by atoms with Crippen molar-refractivity contribution in [2.24, 2.45) is 11.7 Å². The van der Waals surface area contributed by atoms with Gasteiger partial charge in [0.15, 0.2) is 0 Å². The van der Waals surface area contributed by atoms with Crippen LogP contribution in [0.1, 0.15) is 25.3 Å². The third kappa shape index (κ3) is 2.69. The standard InChI is InChI=1S/C13H17BrN2O/c1-8-7-10(14)5-6-11(8)16-12(17)13(2,15)9-3-4-9/h5-7,9H,3-4,15H2,1-2H3,(H,16,17). The van der Waals surface area contributed by atoms with Crippen LogP contribution >= 0.6 is 15.9 Å². The Kier molecular flexibility index (Phi) is 3.27. The van der Waals surface area contributed by atoms with E-state index in [0.717, 1.165) is 28.6 Å². The molecule has 0 aliphatic heterocycles. The fraction of sp³-hybridized carbons (Fsp3) is 0.462. The highest BCUT2D eigenvalue weighted by Gasteiger charge is 2.44. The summed E-state index contributed by atoms with van der Waals surface area (Å²) in [7, 11) is 0. The van der Waals surface area contributed by atoms with Gasteiger partial charge >= 0.3 is 0 Å². The molecular formula is C13H17BrN2O. The maximum Gasteiger partial charge on any atom is 0.244 e. The molecule has 0 radical (unpaired) electrons. The number of anilines is 1. The molecular weight excluding hydrogens is 280 g/mol. The second-order valence-corrected chi connectivity index (χ2v) is 5.89. The van der Waals surface area contributed by atoms with E-state index in [0.29, 0.717) is 5.92 Å². The third-order valence-corrected chi connectivity index (χ3v) is 3.84. The smallest absolute Gasteiger partial charge is 0.244 e. The molecule has 3 nitrogen and oxygen atoms in total. The Morgan fingerprint density at radius 3 is 2.71 bits per heavy atom. The van der Waals surface area contributed by atoms with E-state index in [2.05, 4.69) is 21.2 Å². The molecule has 0 saturated heterocycles. The molecule has 0 bridgehead atoms. The van der Waals surface area contributed by atoms with Gasteiger partial charge in [-0.15, -0.1) is 0 Å². The maximum atomic E-state index is 12.1. The Labute approximate surface area is 110 Å². The number of rotatable bonds is 3. The maximum absolute atomic E-state index is 12.1. The van der Waals surface area contributed by atoms with E-state index in [-0.39, 0.29) is 5.91 Å². The van der Waals surface area contributed by atoms with Crippen LogP contribution in [0, 0.1) is 12.8 Å². The molecule has 0 spiro atoms. The zero-order valence-electron chi connectivity index (χ0n) is 10.1. The lowest BCUT2D eigenvalue weighted by Gasteiger charge is -2.23. The number of aryl methyl sites for hydroxylation is 1. The predicted molar refractivity (Wildman–Crippen MR) is 72.8 cm³/mol. The number of nitrogens with two attached hydrogens (primary N) is 1. The second kappa shape index (κ2) is 4.42. The molecule has 1 fully saturated rings. The number of carbonyl (C=O) groups is 1. The summed E-state index contributed by atoms with van der Waals surface area (Å²) in [5.41, 5.74) is 7.18. The van der Waals surface area contributed by atoms with Gasteiger partial charge in [-0.2, -0.15) is 0 Å². The Balaban J connectivity index is 2.12. The molecule has 1 saturated carbocycles. The molecule has 1 aliphatic carbocycles. The average Bonchev–Trinajstić information content (AvgIpc) is 3.05. The summed E-state index contributed by atoms with van der Waals surface area (Å²) in [6, 6.07) is 5.77. The number of hydrogen-bond acceptors (Lipinski definition) is 2. The van der Waals surface area contributed by atoms with Gasteiger partial charge in [0.05, 0.1) is 5.54 Å². The van der Waals surface area contributed by atoms with Crippen LogP contribution in [0.4, 0.5) is 5.69 Å².